The summed E-state index contributed by atoms with van der Waals surface area (Å²) in [6, 6.07) is 0. The lowest BCUT2D eigenvalue weighted by Crippen LogP contribution is -2.28. The molecule has 150 valence electrons. The van der Waals surface area contributed by atoms with Crippen molar-refractivity contribution >= 4 is 11.8 Å². The minimum absolute atomic E-state index is 0.0571. The highest BCUT2D eigenvalue weighted by Crippen LogP contribution is 2.39. The number of carboxylic acid groups (broad SMARTS) is 1. The number of unbranched alkanes of at least 4 members (excludes halogenated alkanes) is 3. The third kappa shape index (κ3) is 8.00. The first kappa shape index (κ1) is 22.8. The molecule has 0 aliphatic heterocycles. The van der Waals surface area contributed by atoms with Gasteiger partial charge in [0, 0.05) is 18.8 Å². The molecule has 5 unspecified atom stereocenters. The molecule has 1 aliphatic carbocycles. The maximum Gasteiger partial charge on any atom is 0.303 e. The van der Waals surface area contributed by atoms with Gasteiger partial charge < -0.3 is 15.3 Å². The number of carboxylic acids is 1. The maximum atomic E-state index is 12.4. The molecule has 3 N–H and O–H groups in total. The van der Waals surface area contributed by atoms with Gasteiger partial charge >= 0.3 is 5.97 Å². The van der Waals surface area contributed by atoms with Crippen LogP contribution in [0.5, 0.6) is 0 Å². The van der Waals surface area contributed by atoms with Gasteiger partial charge in [0.2, 0.25) is 0 Å². The Balaban J connectivity index is 2.50. The van der Waals surface area contributed by atoms with Gasteiger partial charge in [0.1, 0.15) is 5.78 Å². The Hall–Kier alpha value is -1.20. The second kappa shape index (κ2) is 12.2. The van der Waals surface area contributed by atoms with E-state index in [1.165, 1.54) is 0 Å². The fraction of sp³-hybridized carbons (Fsp3) is 0.810. The summed E-state index contributed by atoms with van der Waals surface area (Å²) in [5.41, 5.74) is 0. The highest BCUT2D eigenvalue weighted by molar-refractivity contribution is 5.84. The zero-order chi connectivity index (χ0) is 19.5. The number of ketones is 1. The predicted molar refractivity (Wildman–Crippen MR) is 102 cm³/mol. The van der Waals surface area contributed by atoms with Crippen LogP contribution < -0.4 is 0 Å². The Morgan fingerprint density at radius 3 is 2.65 bits per heavy atom. The van der Waals surface area contributed by atoms with Gasteiger partial charge in [0.05, 0.1) is 12.2 Å². The SMILES string of the molecule is CCCCCC(O)CC(C)C1C(=O)CC(O)C1CC=CCCCC(=O)O. The summed E-state index contributed by atoms with van der Waals surface area (Å²) in [5, 5.41) is 29.1. The minimum Gasteiger partial charge on any atom is -0.481 e. The van der Waals surface area contributed by atoms with Crippen LogP contribution in [0.2, 0.25) is 0 Å². The van der Waals surface area contributed by atoms with E-state index < -0.39 is 12.1 Å². The maximum absolute atomic E-state index is 12.4. The topological polar surface area (TPSA) is 94.8 Å². The Morgan fingerprint density at radius 2 is 2.00 bits per heavy atom. The first-order valence-electron chi connectivity index (χ1n) is 10.1. The molecule has 1 aliphatic rings. The molecule has 5 atom stereocenters. The Labute approximate surface area is 157 Å². The van der Waals surface area contributed by atoms with Crippen LogP contribution in [0.3, 0.4) is 0 Å². The van der Waals surface area contributed by atoms with E-state index in [0.29, 0.717) is 25.7 Å². The van der Waals surface area contributed by atoms with Gasteiger partial charge in [-0.25, -0.2) is 0 Å². The molecule has 0 heterocycles. The zero-order valence-corrected chi connectivity index (χ0v) is 16.3. The van der Waals surface area contributed by atoms with Gasteiger partial charge in [-0.15, -0.1) is 0 Å². The average molecular weight is 369 g/mol. The van der Waals surface area contributed by atoms with Crippen molar-refractivity contribution in [1.29, 1.82) is 0 Å². The molecule has 5 nitrogen and oxygen atoms in total. The molecule has 0 spiro atoms. The van der Waals surface area contributed by atoms with Crippen LogP contribution in [-0.2, 0) is 9.59 Å². The molecule has 1 fully saturated rings. The van der Waals surface area contributed by atoms with Crippen LogP contribution in [-0.4, -0.2) is 39.3 Å². The van der Waals surface area contributed by atoms with Gasteiger partial charge in [-0.2, -0.15) is 0 Å². The number of aliphatic hydroxyl groups excluding tert-OH is 2. The van der Waals surface area contributed by atoms with Crippen molar-refractivity contribution < 1.29 is 24.9 Å². The van der Waals surface area contributed by atoms with Crippen molar-refractivity contribution in [3.63, 3.8) is 0 Å². The van der Waals surface area contributed by atoms with E-state index in [9.17, 15) is 19.8 Å². The molecule has 0 aromatic heterocycles. The average Bonchev–Trinajstić information content (AvgIpc) is 2.84. The van der Waals surface area contributed by atoms with Gasteiger partial charge in [-0.1, -0.05) is 45.3 Å². The molecule has 0 bridgehead atoms. The third-order valence-corrected chi connectivity index (χ3v) is 5.47. The van der Waals surface area contributed by atoms with Crippen LogP contribution in [0, 0.1) is 17.8 Å². The summed E-state index contributed by atoms with van der Waals surface area (Å²) >= 11 is 0. The molecular weight excluding hydrogens is 332 g/mol. The molecule has 26 heavy (non-hydrogen) atoms. The highest BCUT2D eigenvalue weighted by atomic mass is 16.4. The van der Waals surface area contributed by atoms with Crippen molar-refractivity contribution in [3.05, 3.63) is 12.2 Å². The van der Waals surface area contributed by atoms with Gasteiger partial charge in [0.25, 0.3) is 0 Å². The first-order valence-corrected chi connectivity index (χ1v) is 10.1. The Kier molecular flexibility index (Phi) is 10.7. The summed E-state index contributed by atoms with van der Waals surface area (Å²) in [4.78, 5) is 22.9. The molecule has 0 amide bonds. The van der Waals surface area contributed by atoms with Crippen LogP contribution in [0.4, 0.5) is 0 Å². The molecule has 0 radical (unpaired) electrons. The molecule has 0 aromatic carbocycles. The number of carbonyl (C=O) groups excluding carboxylic acids is 1. The Morgan fingerprint density at radius 1 is 1.27 bits per heavy atom. The Bertz CT molecular complexity index is 459. The van der Waals surface area contributed by atoms with Crippen molar-refractivity contribution in [1.82, 2.24) is 0 Å². The van der Waals surface area contributed by atoms with Crippen molar-refractivity contribution in [2.24, 2.45) is 17.8 Å². The number of allylic oxidation sites excluding steroid dienone is 2. The second-order valence-electron chi connectivity index (χ2n) is 7.78. The molecule has 1 rings (SSSR count). The number of aliphatic hydroxyl groups is 2. The smallest absolute Gasteiger partial charge is 0.303 e. The minimum atomic E-state index is -0.790. The van der Waals surface area contributed by atoms with E-state index in [4.69, 9.17) is 5.11 Å². The monoisotopic (exact) mass is 368 g/mol. The summed E-state index contributed by atoms with van der Waals surface area (Å²) in [5.74, 6) is -0.927. The lowest BCUT2D eigenvalue weighted by atomic mass is 9.79. The summed E-state index contributed by atoms with van der Waals surface area (Å²) < 4.78 is 0. The first-order chi connectivity index (χ1) is 12.4. The van der Waals surface area contributed by atoms with Gasteiger partial charge in [-0.3, -0.25) is 9.59 Å². The molecule has 1 saturated carbocycles. The number of aliphatic carboxylic acids is 1. The third-order valence-electron chi connectivity index (χ3n) is 5.47. The molecule has 0 aromatic rings. The molecular formula is C21H36O5. The van der Waals surface area contributed by atoms with Gasteiger partial charge in [0.15, 0.2) is 0 Å². The summed E-state index contributed by atoms with van der Waals surface area (Å²) in [6.07, 6.45) is 9.81. The quantitative estimate of drug-likeness (QED) is 0.340. The van der Waals surface area contributed by atoms with Crippen LogP contribution in [0.15, 0.2) is 12.2 Å². The van der Waals surface area contributed by atoms with Crippen LogP contribution in [0.1, 0.15) is 78.1 Å². The second-order valence-corrected chi connectivity index (χ2v) is 7.78. The summed E-state index contributed by atoms with van der Waals surface area (Å²) in [7, 11) is 0. The van der Waals surface area contributed by atoms with Crippen LogP contribution in [0.25, 0.3) is 0 Å². The fourth-order valence-corrected chi connectivity index (χ4v) is 4.08. The predicted octanol–water partition coefficient (Wildman–Crippen LogP) is 3.72. The number of hydrogen-bond acceptors (Lipinski definition) is 4. The van der Waals surface area contributed by atoms with E-state index in [0.717, 1.165) is 25.7 Å². The van der Waals surface area contributed by atoms with E-state index in [1.807, 2.05) is 19.1 Å². The van der Waals surface area contributed by atoms with E-state index >= 15 is 0 Å². The highest BCUT2D eigenvalue weighted by Gasteiger charge is 2.43. The normalized spacial score (nSPS) is 25.7. The number of hydrogen-bond donors (Lipinski definition) is 3. The number of rotatable bonds is 13. The van der Waals surface area contributed by atoms with Crippen molar-refractivity contribution in [2.75, 3.05) is 0 Å². The lowest BCUT2D eigenvalue weighted by Gasteiger charge is -2.27. The largest absolute Gasteiger partial charge is 0.481 e. The molecule has 0 saturated heterocycles. The lowest BCUT2D eigenvalue weighted by molar-refractivity contribution is -0.137. The van der Waals surface area contributed by atoms with Crippen molar-refractivity contribution in [3.8, 4) is 0 Å². The number of carbonyl (C=O) groups is 2. The molecule has 5 heteroatoms. The summed E-state index contributed by atoms with van der Waals surface area (Å²) in [6.45, 7) is 4.14. The van der Waals surface area contributed by atoms with E-state index in [2.05, 4.69) is 6.92 Å². The van der Waals surface area contributed by atoms with Crippen molar-refractivity contribution in [2.45, 2.75) is 90.3 Å². The number of Topliss-reactive ketones (excluding diaryl/α,β-unsaturated/α-hetero) is 1. The standard InChI is InChI=1S/C21H36O5/c1-3-4-7-10-16(22)13-15(2)21-17(18(23)14-19(21)24)11-8-5-6-9-12-20(25)26/h5,8,15-18,21-23H,3-4,6-7,9-14H2,1-2H3,(H,25,26). The van der Waals surface area contributed by atoms with E-state index in [-0.39, 0.29) is 42.5 Å². The fourth-order valence-electron chi connectivity index (χ4n) is 4.08. The van der Waals surface area contributed by atoms with E-state index in [1.54, 1.807) is 0 Å². The zero-order valence-electron chi connectivity index (χ0n) is 16.3. The van der Waals surface area contributed by atoms with Crippen LogP contribution >= 0.6 is 0 Å². The van der Waals surface area contributed by atoms with Gasteiger partial charge in [-0.05, 0) is 43.9 Å².